The first-order valence-electron chi connectivity index (χ1n) is 10.5. The zero-order valence-corrected chi connectivity index (χ0v) is 20.0. The van der Waals surface area contributed by atoms with Gasteiger partial charge in [0.15, 0.2) is 6.61 Å². The molecule has 0 saturated carbocycles. The molecule has 0 aliphatic carbocycles. The molecule has 32 heavy (non-hydrogen) atoms. The van der Waals surface area contributed by atoms with Gasteiger partial charge in [-0.3, -0.25) is 9.69 Å². The number of piperazine rings is 1. The van der Waals surface area contributed by atoms with Crippen LogP contribution in [-0.2, 0) is 21.5 Å². The van der Waals surface area contributed by atoms with Crippen LogP contribution >= 0.6 is 23.2 Å². The van der Waals surface area contributed by atoms with Gasteiger partial charge in [-0.1, -0.05) is 35.3 Å². The smallest absolute Gasteiger partial charge is 0.341 e. The van der Waals surface area contributed by atoms with Gasteiger partial charge in [-0.05, 0) is 56.7 Å². The van der Waals surface area contributed by atoms with E-state index in [0.29, 0.717) is 42.0 Å². The fourth-order valence-corrected chi connectivity index (χ4v) is 4.34. The number of aliphatic carboxylic acids is 1. The normalized spacial score (nSPS) is 17.3. The van der Waals surface area contributed by atoms with Gasteiger partial charge in [0.05, 0.1) is 5.41 Å². The van der Waals surface area contributed by atoms with E-state index in [4.69, 9.17) is 33.0 Å². The molecule has 2 aromatic carbocycles. The second-order valence-corrected chi connectivity index (χ2v) is 9.52. The van der Waals surface area contributed by atoms with E-state index >= 15 is 0 Å². The fraction of sp³-hybridized carbons (Fsp3) is 0.417. The monoisotopic (exact) mass is 478 g/mol. The van der Waals surface area contributed by atoms with E-state index in [0.717, 1.165) is 11.1 Å². The molecular formula is C24H28Cl2N2O4. The minimum absolute atomic E-state index is 0.0189. The van der Waals surface area contributed by atoms with Crippen molar-refractivity contribution in [2.45, 2.75) is 38.8 Å². The third-order valence-electron chi connectivity index (χ3n) is 5.84. The first-order valence-corrected chi connectivity index (χ1v) is 11.3. The maximum absolute atomic E-state index is 13.4. The average molecular weight is 479 g/mol. The molecule has 0 unspecified atom stereocenters. The van der Waals surface area contributed by atoms with Crippen molar-refractivity contribution in [1.82, 2.24) is 9.80 Å². The lowest BCUT2D eigenvalue weighted by Crippen LogP contribution is -2.57. The Bertz CT molecular complexity index is 978. The Hall–Kier alpha value is -2.28. The fourth-order valence-electron chi connectivity index (χ4n) is 4.02. The number of halogens is 2. The van der Waals surface area contributed by atoms with Gasteiger partial charge in [0, 0.05) is 47.8 Å². The van der Waals surface area contributed by atoms with Crippen molar-refractivity contribution >= 4 is 35.1 Å². The first-order chi connectivity index (χ1) is 15.1. The molecule has 0 bridgehead atoms. The van der Waals surface area contributed by atoms with Crippen LogP contribution in [0.3, 0.4) is 0 Å². The van der Waals surface area contributed by atoms with Crippen molar-refractivity contribution in [1.29, 1.82) is 0 Å². The summed E-state index contributed by atoms with van der Waals surface area (Å²) in [5.41, 5.74) is 1.10. The van der Waals surface area contributed by atoms with Crippen molar-refractivity contribution in [3.05, 3.63) is 63.6 Å². The summed E-state index contributed by atoms with van der Waals surface area (Å²) in [5.74, 6) is -0.443. The highest BCUT2D eigenvalue weighted by Crippen LogP contribution is 2.30. The van der Waals surface area contributed by atoms with Gasteiger partial charge >= 0.3 is 5.97 Å². The number of carboxylic acid groups (broad SMARTS) is 1. The third-order valence-corrected chi connectivity index (χ3v) is 6.33. The highest BCUT2D eigenvalue weighted by Gasteiger charge is 2.37. The van der Waals surface area contributed by atoms with Gasteiger partial charge in [0.25, 0.3) is 0 Å². The molecule has 1 aliphatic heterocycles. The number of ether oxygens (including phenoxy) is 1. The maximum atomic E-state index is 13.4. The largest absolute Gasteiger partial charge is 0.482 e. The summed E-state index contributed by atoms with van der Waals surface area (Å²) in [7, 11) is 0. The highest BCUT2D eigenvalue weighted by atomic mass is 35.5. The summed E-state index contributed by atoms with van der Waals surface area (Å²) in [6.07, 6.45) is 0. The SMILES string of the molecule is C[C@H]1CN(Cc2cc(Cl)ccc2OCC(=O)O)CCN1C(=O)C(C)(C)c1ccc(Cl)cc1. The maximum Gasteiger partial charge on any atom is 0.341 e. The summed E-state index contributed by atoms with van der Waals surface area (Å²) in [4.78, 5) is 28.4. The van der Waals surface area contributed by atoms with Gasteiger partial charge in [0.1, 0.15) is 5.75 Å². The minimum Gasteiger partial charge on any atom is -0.482 e. The number of carbonyl (C=O) groups is 2. The number of carbonyl (C=O) groups excluding carboxylic acids is 1. The molecular weight excluding hydrogens is 451 g/mol. The molecule has 1 saturated heterocycles. The Balaban J connectivity index is 1.68. The molecule has 3 rings (SSSR count). The number of carboxylic acids is 1. The Labute approximate surface area is 198 Å². The van der Waals surface area contributed by atoms with Crippen LogP contribution in [-0.4, -0.2) is 59.1 Å². The van der Waals surface area contributed by atoms with E-state index < -0.39 is 18.0 Å². The van der Waals surface area contributed by atoms with Crippen molar-refractivity contribution in [3.8, 4) is 5.75 Å². The van der Waals surface area contributed by atoms with Crippen LogP contribution in [0, 0.1) is 0 Å². The van der Waals surface area contributed by atoms with E-state index in [2.05, 4.69) is 4.90 Å². The number of hydrogen-bond donors (Lipinski definition) is 1. The molecule has 8 heteroatoms. The summed E-state index contributed by atoms with van der Waals surface area (Å²) in [6, 6.07) is 12.6. The number of nitrogens with zero attached hydrogens (tertiary/aromatic N) is 2. The van der Waals surface area contributed by atoms with Crippen LogP contribution in [0.4, 0.5) is 0 Å². The lowest BCUT2D eigenvalue weighted by Gasteiger charge is -2.43. The zero-order chi connectivity index (χ0) is 23.5. The minimum atomic E-state index is -1.03. The number of amides is 1. The molecule has 0 spiro atoms. The van der Waals surface area contributed by atoms with Gasteiger partial charge in [-0.2, -0.15) is 0 Å². The van der Waals surface area contributed by atoms with Gasteiger partial charge in [-0.15, -0.1) is 0 Å². The molecule has 172 valence electrons. The van der Waals surface area contributed by atoms with Crippen molar-refractivity contribution in [2.75, 3.05) is 26.2 Å². The Morgan fingerprint density at radius 1 is 1.09 bits per heavy atom. The van der Waals surface area contributed by atoms with E-state index in [1.54, 1.807) is 18.2 Å². The summed E-state index contributed by atoms with van der Waals surface area (Å²) in [5, 5.41) is 10.1. The molecule has 1 aliphatic rings. The molecule has 1 amide bonds. The van der Waals surface area contributed by atoms with Crippen LogP contribution < -0.4 is 4.74 Å². The predicted octanol–water partition coefficient (Wildman–Crippen LogP) is 4.47. The second-order valence-electron chi connectivity index (χ2n) is 8.65. The lowest BCUT2D eigenvalue weighted by molar-refractivity contribution is -0.141. The molecule has 1 atom stereocenters. The predicted molar refractivity (Wildman–Crippen MR) is 126 cm³/mol. The van der Waals surface area contributed by atoms with Crippen LogP contribution in [0.15, 0.2) is 42.5 Å². The lowest BCUT2D eigenvalue weighted by atomic mass is 9.82. The molecule has 1 N–H and O–H groups in total. The van der Waals surface area contributed by atoms with Crippen LogP contribution in [0.25, 0.3) is 0 Å². The quantitative estimate of drug-likeness (QED) is 0.635. The molecule has 6 nitrogen and oxygen atoms in total. The Kier molecular flexibility index (Phi) is 7.70. The van der Waals surface area contributed by atoms with E-state index in [1.165, 1.54) is 0 Å². The van der Waals surface area contributed by atoms with Crippen molar-refractivity contribution < 1.29 is 19.4 Å². The standard InChI is InChI=1S/C24H28Cl2N2O4/c1-16-13-27(14-17-12-20(26)8-9-21(17)32-15-22(29)30)10-11-28(16)23(31)24(2,3)18-4-6-19(25)7-5-18/h4-9,12,16H,10-11,13-15H2,1-3H3,(H,29,30)/t16-/m0/s1. The Morgan fingerprint density at radius 3 is 2.38 bits per heavy atom. The van der Waals surface area contributed by atoms with Crippen LogP contribution in [0.2, 0.25) is 10.0 Å². The molecule has 0 aromatic heterocycles. The number of benzene rings is 2. The highest BCUT2D eigenvalue weighted by molar-refractivity contribution is 6.30. The summed E-state index contributed by atoms with van der Waals surface area (Å²) >= 11 is 12.2. The number of rotatable bonds is 7. The van der Waals surface area contributed by atoms with Crippen molar-refractivity contribution in [2.24, 2.45) is 0 Å². The van der Waals surface area contributed by atoms with Crippen molar-refractivity contribution in [3.63, 3.8) is 0 Å². The van der Waals surface area contributed by atoms with Gasteiger partial charge < -0.3 is 14.7 Å². The molecule has 1 fully saturated rings. The topological polar surface area (TPSA) is 70.1 Å². The first kappa shape index (κ1) is 24.4. The Morgan fingerprint density at radius 2 is 1.75 bits per heavy atom. The van der Waals surface area contributed by atoms with Gasteiger partial charge in [0.2, 0.25) is 5.91 Å². The zero-order valence-electron chi connectivity index (χ0n) is 18.5. The number of hydrogen-bond acceptors (Lipinski definition) is 4. The summed E-state index contributed by atoms with van der Waals surface area (Å²) < 4.78 is 5.42. The third kappa shape index (κ3) is 5.74. The summed E-state index contributed by atoms with van der Waals surface area (Å²) in [6.45, 7) is 8.05. The van der Waals surface area contributed by atoms with Crippen LogP contribution in [0.1, 0.15) is 31.9 Å². The average Bonchev–Trinajstić information content (AvgIpc) is 2.73. The van der Waals surface area contributed by atoms with Crippen LogP contribution in [0.5, 0.6) is 5.75 Å². The van der Waals surface area contributed by atoms with E-state index in [9.17, 15) is 9.59 Å². The van der Waals surface area contributed by atoms with Gasteiger partial charge in [-0.25, -0.2) is 4.79 Å². The van der Waals surface area contributed by atoms with E-state index in [-0.39, 0.29) is 11.9 Å². The van der Waals surface area contributed by atoms with E-state index in [1.807, 2.05) is 49.9 Å². The molecule has 1 heterocycles. The molecule has 0 radical (unpaired) electrons. The molecule has 2 aromatic rings. The second kappa shape index (κ2) is 10.1.